The molecule has 2 aliphatic rings. The second-order valence-electron chi connectivity index (χ2n) is 5.60. The lowest BCUT2D eigenvalue weighted by atomic mass is 9.92. The molecular formula is C14H21ClN2OS. The van der Waals surface area contributed by atoms with Crippen LogP contribution in [0.15, 0.2) is 12.1 Å². The van der Waals surface area contributed by atoms with Gasteiger partial charge in [0.2, 0.25) is 5.91 Å². The van der Waals surface area contributed by atoms with Crippen molar-refractivity contribution in [3.63, 3.8) is 0 Å². The summed E-state index contributed by atoms with van der Waals surface area (Å²) < 4.78 is 0. The molecule has 1 amide bonds. The van der Waals surface area contributed by atoms with Crippen molar-refractivity contribution in [2.75, 3.05) is 13.1 Å². The largest absolute Gasteiger partial charge is 0.351 e. The number of hydrogen-bond acceptors (Lipinski definition) is 3. The molecule has 1 saturated carbocycles. The summed E-state index contributed by atoms with van der Waals surface area (Å²) >= 11 is 1.76. The summed E-state index contributed by atoms with van der Waals surface area (Å²) in [5.41, 5.74) is 0.348. The topological polar surface area (TPSA) is 41.1 Å². The van der Waals surface area contributed by atoms with Gasteiger partial charge in [0.15, 0.2) is 0 Å². The number of piperidine rings is 1. The number of rotatable bonds is 3. The fourth-order valence-corrected chi connectivity index (χ4v) is 3.90. The minimum Gasteiger partial charge on any atom is -0.351 e. The Bertz CT molecular complexity index is 454. The van der Waals surface area contributed by atoms with E-state index in [-0.39, 0.29) is 24.2 Å². The van der Waals surface area contributed by atoms with E-state index in [2.05, 4.69) is 29.7 Å². The molecule has 3 rings (SSSR count). The van der Waals surface area contributed by atoms with Crippen molar-refractivity contribution in [1.29, 1.82) is 0 Å². The minimum atomic E-state index is 0. The molecule has 2 heterocycles. The summed E-state index contributed by atoms with van der Waals surface area (Å²) in [5, 5.41) is 6.47. The van der Waals surface area contributed by atoms with Gasteiger partial charge in [-0.3, -0.25) is 4.79 Å². The quantitative estimate of drug-likeness (QED) is 0.900. The maximum atomic E-state index is 12.1. The van der Waals surface area contributed by atoms with Crippen molar-refractivity contribution in [2.24, 2.45) is 11.3 Å². The fraction of sp³-hybridized carbons (Fsp3) is 0.643. The van der Waals surface area contributed by atoms with Gasteiger partial charge in [0.1, 0.15) is 0 Å². The lowest BCUT2D eigenvalue weighted by Gasteiger charge is -2.23. The molecule has 2 N–H and O–H groups in total. The molecule has 1 atom stereocenters. The van der Waals surface area contributed by atoms with E-state index in [1.54, 1.807) is 11.3 Å². The highest BCUT2D eigenvalue weighted by Crippen LogP contribution is 2.58. The van der Waals surface area contributed by atoms with Crippen molar-refractivity contribution >= 4 is 29.7 Å². The summed E-state index contributed by atoms with van der Waals surface area (Å²) in [7, 11) is 0. The molecule has 1 aliphatic heterocycles. The van der Waals surface area contributed by atoms with Crippen molar-refractivity contribution < 1.29 is 4.79 Å². The van der Waals surface area contributed by atoms with E-state index >= 15 is 0 Å². The van der Waals surface area contributed by atoms with E-state index in [1.165, 1.54) is 22.6 Å². The molecule has 0 aromatic carbocycles. The van der Waals surface area contributed by atoms with Crippen LogP contribution in [0.1, 0.15) is 29.0 Å². The molecule has 1 saturated heterocycles. The minimum absolute atomic E-state index is 0. The van der Waals surface area contributed by atoms with Gasteiger partial charge in [-0.15, -0.1) is 23.7 Å². The van der Waals surface area contributed by atoms with Gasteiger partial charge in [0.05, 0.1) is 6.54 Å². The maximum absolute atomic E-state index is 12.1. The van der Waals surface area contributed by atoms with E-state index in [9.17, 15) is 4.79 Å². The molecular weight excluding hydrogens is 280 g/mol. The van der Waals surface area contributed by atoms with Crippen LogP contribution in [0, 0.1) is 18.3 Å². The highest BCUT2D eigenvalue weighted by atomic mass is 35.5. The van der Waals surface area contributed by atoms with E-state index in [1.807, 2.05) is 0 Å². The van der Waals surface area contributed by atoms with Crippen LogP contribution < -0.4 is 10.6 Å². The SMILES string of the molecule is Cc1ccc(CNC(=O)C2CC23CCNCC3)s1.Cl. The summed E-state index contributed by atoms with van der Waals surface area (Å²) in [6.07, 6.45) is 3.44. The fourth-order valence-electron chi connectivity index (χ4n) is 3.07. The number of carbonyl (C=O) groups excluding carboxylic acids is 1. The Kier molecular flexibility index (Phi) is 4.54. The normalized spacial score (nSPS) is 23.7. The highest BCUT2D eigenvalue weighted by molar-refractivity contribution is 7.11. The number of aryl methyl sites for hydroxylation is 1. The molecule has 5 heteroatoms. The van der Waals surface area contributed by atoms with Crippen LogP contribution in [0.4, 0.5) is 0 Å². The van der Waals surface area contributed by atoms with Gasteiger partial charge in [-0.05, 0) is 56.8 Å². The standard InChI is InChI=1S/C14H20N2OS.ClH/c1-10-2-3-11(18-10)9-16-13(17)12-8-14(12)4-6-15-7-5-14;/h2-3,12,15H,4-9H2,1H3,(H,16,17);1H. The molecule has 1 aliphatic carbocycles. The van der Waals surface area contributed by atoms with E-state index in [0.717, 1.165) is 19.5 Å². The molecule has 0 radical (unpaired) electrons. The summed E-state index contributed by atoms with van der Waals surface area (Å²) in [6.45, 7) is 4.95. The first kappa shape index (κ1) is 14.8. The van der Waals surface area contributed by atoms with Crippen LogP contribution in [0.25, 0.3) is 0 Å². The van der Waals surface area contributed by atoms with Gasteiger partial charge in [-0.1, -0.05) is 0 Å². The maximum Gasteiger partial charge on any atom is 0.223 e. The smallest absolute Gasteiger partial charge is 0.223 e. The summed E-state index contributed by atoms with van der Waals surface area (Å²) in [4.78, 5) is 14.7. The number of nitrogens with one attached hydrogen (secondary N) is 2. The summed E-state index contributed by atoms with van der Waals surface area (Å²) in [6, 6.07) is 4.21. The Hall–Kier alpha value is -0.580. The Morgan fingerprint density at radius 3 is 2.84 bits per heavy atom. The van der Waals surface area contributed by atoms with Crippen LogP contribution >= 0.6 is 23.7 Å². The van der Waals surface area contributed by atoms with Gasteiger partial charge < -0.3 is 10.6 Å². The lowest BCUT2D eigenvalue weighted by molar-refractivity contribution is -0.123. The highest BCUT2D eigenvalue weighted by Gasteiger charge is 2.57. The van der Waals surface area contributed by atoms with Gasteiger partial charge in [0.25, 0.3) is 0 Å². The van der Waals surface area contributed by atoms with E-state index in [4.69, 9.17) is 0 Å². The number of hydrogen-bond donors (Lipinski definition) is 2. The van der Waals surface area contributed by atoms with Gasteiger partial charge in [0, 0.05) is 15.7 Å². The zero-order chi connectivity index (χ0) is 12.6. The molecule has 3 nitrogen and oxygen atoms in total. The third kappa shape index (κ3) is 3.12. The zero-order valence-electron chi connectivity index (χ0n) is 11.2. The molecule has 2 fully saturated rings. The molecule has 19 heavy (non-hydrogen) atoms. The number of halogens is 1. The monoisotopic (exact) mass is 300 g/mol. The molecule has 1 unspecified atom stereocenters. The van der Waals surface area contributed by atoms with Gasteiger partial charge in [-0.25, -0.2) is 0 Å². The Labute approximate surface area is 124 Å². The molecule has 106 valence electrons. The first-order chi connectivity index (χ1) is 8.70. The molecule has 1 aromatic rings. The lowest BCUT2D eigenvalue weighted by Crippen LogP contribution is -2.33. The zero-order valence-corrected chi connectivity index (χ0v) is 12.8. The van der Waals surface area contributed by atoms with Crippen LogP contribution in [-0.4, -0.2) is 19.0 Å². The predicted molar refractivity (Wildman–Crippen MR) is 80.8 cm³/mol. The average Bonchev–Trinajstić information content (AvgIpc) is 2.89. The number of carbonyl (C=O) groups is 1. The molecule has 1 aromatic heterocycles. The molecule has 1 spiro atoms. The second-order valence-corrected chi connectivity index (χ2v) is 6.97. The molecule has 0 bridgehead atoms. The first-order valence-corrected chi connectivity index (χ1v) is 7.55. The van der Waals surface area contributed by atoms with Crippen molar-refractivity contribution in [3.8, 4) is 0 Å². The summed E-state index contributed by atoms with van der Waals surface area (Å²) in [5.74, 6) is 0.545. The number of amides is 1. The van der Waals surface area contributed by atoms with Crippen LogP contribution in [-0.2, 0) is 11.3 Å². The predicted octanol–water partition coefficient (Wildman–Crippen LogP) is 2.48. The van der Waals surface area contributed by atoms with Crippen molar-refractivity contribution in [3.05, 3.63) is 21.9 Å². The second kappa shape index (κ2) is 5.81. The Morgan fingerprint density at radius 1 is 1.47 bits per heavy atom. The van der Waals surface area contributed by atoms with Crippen LogP contribution in [0.5, 0.6) is 0 Å². The van der Waals surface area contributed by atoms with Crippen LogP contribution in [0.2, 0.25) is 0 Å². The van der Waals surface area contributed by atoms with Gasteiger partial charge in [-0.2, -0.15) is 0 Å². The van der Waals surface area contributed by atoms with Gasteiger partial charge >= 0.3 is 0 Å². The first-order valence-electron chi connectivity index (χ1n) is 6.73. The van der Waals surface area contributed by atoms with Crippen molar-refractivity contribution in [2.45, 2.75) is 32.7 Å². The van der Waals surface area contributed by atoms with Crippen LogP contribution in [0.3, 0.4) is 0 Å². The Morgan fingerprint density at radius 2 is 2.21 bits per heavy atom. The third-order valence-electron chi connectivity index (χ3n) is 4.34. The average molecular weight is 301 g/mol. The Balaban J connectivity index is 0.00000133. The van der Waals surface area contributed by atoms with Crippen molar-refractivity contribution in [1.82, 2.24) is 10.6 Å². The number of thiophene rings is 1. The third-order valence-corrected chi connectivity index (χ3v) is 5.34. The van der Waals surface area contributed by atoms with E-state index in [0.29, 0.717) is 12.0 Å². The van der Waals surface area contributed by atoms with E-state index < -0.39 is 0 Å².